The molecule has 0 fully saturated rings. The summed E-state index contributed by atoms with van der Waals surface area (Å²) in [5.41, 5.74) is 0.518. The van der Waals surface area contributed by atoms with Gasteiger partial charge in [0.05, 0.1) is 21.5 Å². The number of aromatic nitrogens is 2. The number of aromatic amines is 2. The molecule has 1 amide bonds. The van der Waals surface area contributed by atoms with E-state index < -0.39 is 33.4 Å². The summed E-state index contributed by atoms with van der Waals surface area (Å²) in [6, 6.07) is 14.2. The number of fused-ring (bicyclic) bond motifs is 1. The summed E-state index contributed by atoms with van der Waals surface area (Å²) in [6.45, 7) is 0.0229. The van der Waals surface area contributed by atoms with Crippen LogP contribution in [0.3, 0.4) is 0 Å². The van der Waals surface area contributed by atoms with Gasteiger partial charge in [-0.15, -0.1) is 0 Å². The molecule has 34 heavy (non-hydrogen) atoms. The van der Waals surface area contributed by atoms with Gasteiger partial charge in [0.2, 0.25) is 0 Å². The monoisotopic (exact) mass is 490 g/mol. The van der Waals surface area contributed by atoms with Crippen LogP contribution in [0, 0.1) is 0 Å². The number of nitrogens with one attached hydrogen (secondary N) is 4. The van der Waals surface area contributed by atoms with E-state index in [0.29, 0.717) is 16.6 Å². The second-order valence-corrected chi connectivity index (χ2v) is 9.03. The van der Waals surface area contributed by atoms with Crippen molar-refractivity contribution in [2.45, 2.75) is 17.6 Å². The van der Waals surface area contributed by atoms with E-state index in [1.54, 1.807) is 0 Å². The van der Waals surface area contributed by atoms with Crippen LogP contribution in [0.1, 0.15) is 21.5 Å². The van der Waals surface area contributed by atoms with E-state index in [1.165, 1.54) is 54.6 Å². The molecule has 0 saturated heterocycles. The van der Waals surface area contributed by atoms with Crippen LogP contribution >= 0.6 is 0 Å². The Morgan fingerprint density at radius 2 is 1.53 bits per heavy atom. The lowest BCUT2D eigenvalue weighted by molar-refractivity contribution is -0.137. The van der Waals surface area contributed by atoms with E-state index in [2.05, 4.69) is 20.0 Å². The van der Waals surface area contributed by atoms with Crippen LogP contribution in [-0.2, 0) is 22.7 Å². The lowest BCUT2D eigenvalue weighted by Crippen LogP contribution is -2.22. The Morgan fingerprint density at radius 1 is 0.882 bits per heavy atom. The molecule has 1 aromatic heterocycles. The van der Waals surface area contributed by atoms with Crippen molar-refractivity contribution in [1.29, 1.82) is 0 Å². The third kappa shape index (κ3) is 5.12. The molecule has 0 bridgehead atoms. The molecule has 176 valence electrons. The summed E-state index contributed by atoms with van der Waals surface area (Å²) >= 11 is 0. The number of hydrogen-bond acceptors (Lipinski definition) is 4. The number of H-pyrrole nitrogens is 2. The SMILES string of the molecule is O=C(NCc1ccc(C(F)(F)F)cc1)c1ccc(NS(=O)(=O)c2ccc3[nH]c(=O)[nH]c3c2)cc1. The molecule has 4 N–H and O–H groups in total. The third-order valence-corrected chi connectivity index (χ3v) is 6.31. The van der Waals surface area contributed by atoms with Crippen molar-refractivity contribution in [2.24, 2.45) is 0 Å². The van der Waals surface area contributed by atoms with Gasteiger partial charge in [0.15, 0.2) is 0 Å². The minimum Gasteiger partial charge on any atom is -0.348 e. The Hall–Kier alpha value is -4.06. The second-order valence-electron chi connectivity index (χ2n) is 7.35. The van der Waals surface area contributed by atoms with Crippen molar-refractivity contribution in [1.82, 2.24) is 15.3 Å². The minimum atomic E-state index is -4.43. The molecular formula is C22H17F3N4O4S. The molecule has 0 aliphatic heterocycles. The number of halogens is 3. The molecule has 0 saturated carbocycles. The zero-order valence-corrected chi connectivity index (χ0v) is 18.0. The summed E-state index contributed by atoms with van der Waals surface area (Å²) in [4.78, 5) is 28.6. The van der Waals surface area contributed by atoms with Gasteiger partial charge in [-0.25, -0.2) is 13.2 Å². The van der Waals surface area contributed by atoms with Crippen molar-refractivity contribution in [3.05, 3.63) is 93.9 Å². The quantitative estimate of drug-likeness (QED) is 0.330. The highest BCUT2D eigenvalue weighted by Crippen LogP contribution is 2.29. The average Bonchev–Trinajstić information content (AvgIpc) is 3.16. The van der Waals surface area contributed by atoms with Crippen molar-refractivity contribution < 1.29 is 26.4 Å². The van der Waals surface area contributed by atoms with Gasteiger partial charge >= 0.3 is 11.9 Å². The van der Waals surface area contributed by atoms with Crippen LogP contribution in [0.2, 0.25) is 0 Å². The average molecular weight is 490 g/mol. The van der Waals surface area contributed by atoms with Crippen LogP contribution in [0.15, 0.2) is 76.4 Å². The fraction of sp³-hybridized carbons (Fsp3) is 0.0909. The first-order chi connectivity index (χ1) is 16.0. The summed E-state index contributed by atoms with van der Waals surface area (Å²) in [7, 11) is -3.96. The molecule has 3 aromatic carbocycles. The number of amides is 1. The molecule has 4 rings (SSSR count). The van der Waals surface area contributed by atoms with Crippen molar-refractivity contribution in [3.63, 3.8) is 0 Å². The van der Waals surface area contributed by atoms with E-state index in [-0.39, 0.29) is 22.7 Å². The van der Waals surface area contributed by atoms with Crippen molar-refractivity contribution in [3.8, 4) is 0 Å². The Bertz CT molecular complexity index is 1510. The molecule has 8 nitrogen and oxygen atoms in total. The smallest absolute Gasteiger partial charge is 0.348 e. The zero-order chi connectivity index (χ0) is 24.5. The van der Waals surface area contributed by atoms with Crippen LogP contribution in [0.25, 0.3) is 11.0 Å². The predicted octanol–water partition coefficient (Wildman–Crippen LogP) is 3.61. The maximum absolute atomic E-state index is 12.7. The molecule has 0 atom stereocenters. The molecule has 1 heterocycles. The van der Waals surface area contributed by atoms with Crippen molar-refractivity contribution in [2.75, 3.05) is 4.72 Å². The van der Waals surface area contributed by atoms with Gasteiger partial charge in [-0.05, 0) is 60.2 Å². The van der Waals surface area contributed by atoms with E-state index in [1.807, 2.05) is 0 Å². The number of rotatable bonds is 6. The Kier molecular flexibility index (Phi) is 5.92. The Morgan fingerprint density at radius 3 is 2.18 bits per heavy atom. The molecule has 0 aliphatic rings. The standard InChI is InChI=1S/C22H17F3N4O4S/c23-22(24,25)15-5-1-13(2-6-15)12-26-20(30)14-3-7-16(8-4-14)29-34(32,33)17-9-10-18-19(11-17)28-21(31)27-18/h1-11,29H,12H2,(H,26,30)(H2,27,28,31). The molecule has 12 heteroatoms. The molecule has 0 unspecified atom stereocenters. The fourth-order valence-corrected chi connectivity index (χ4v) is 4.26. The molecule has 0 aliphatic carbocycles. The first-order valence-electron chi connectivity index (χ1n) is 9.80. The number of benzene rings is 3. The number of carbonyl (C=O) groups is 1. The van der Waals surface area contributed by atoms with E-state index in [9.17, 15) is 31.2 Å². The van der Waals surface area contributed by atoms with E-state index in [4.69, 9.17) is 0 Å². The first kappa shape index (κ1) is 23.1. The molecule has 0 radical (unpaired) electrons. The topological polar surface area (TPSA) is 124 Å². The maximum Gasteiger partial charge on any atom is 0.416 e. The Balaban J connectivity index is 1.39. The predicted molar refractivity (Wildman–Crippen MR) is 119 cm³/mol. The first-order valence-corrected chi connectivity index (χ1v) is 11.3. The highest BCUT2D eigenvalue weighted by Gasteiger charge is 2.29. The van der Waals surface area contributed by atoms with Gasteiger partial charge < -0.3 is 15.3 Å². The van der Waals surface area contributed by atoms with E-state index in [0.717, 1.165) is 12.1 Å². The van der Waals surface area contributed by atoms with Crippen LogP contribution in [0.4, 0.5) is 18.9 Å². The van der Waals surface area contributed by atoms with Gasteiger partial charge in [-0.2, -0.15) is 13.2 Å². The normalized spacial score (nSPS) is 12.0. The van der Waals surface area contributed by atoms with Crippen LogP contribution in [-0.4, -0.2) is 24.3 Å². The summed E-state index contributed by atoms with van der Waals surface area (Å²) in [5, 5.41) is 2.60. The number of alkyl halides is 3. The summed E-state index contributed by atoms with van der Waals surface area (Å²) < 4.78 is 65.6. The van der Waals surface area contributed by atoms with Gasteiger partial charge in [0, 0.05) is 17.8 Å². The van der Waals surface area contributed by atoms with Gasteiger partial charge in [0.1, 0.15) is 0 Å². The maximum atomic E-state index is 12.7. The van der Waals surface area contributed by atoms with Crippen LogP contribution < -0.4 is 15.7 Å². The molecule has 0 spiro atoms. The number of carbonyl (C=O) groups excluding carboxylic acids is 1. The number of imidazole rings is 1. The Labute approximate surface area is 190 Å². The zero-order valence-electron chi connectivity index (χ0n) is 17.2. The largest absolute Gasteiger partial charge is 0.416 e. The summed E-state index contributed by atoms with van der Waals surface area (Å²) in [5.74, 6) is -0.476. The lowest BCUT2D eigenvalue weighted by Gasteiger charge is -2.10. The molecular weight excluding hydrogens is 473 g/mol. The number of anilines is 1. The van der Waals surface area contributed by atoms with Gasteiger partial charge in [-0.1, -0.05) is 12.1 Å². The van der Waals surface area contributed by atoms with Gasteiger partial charge in [-0.3, -0.25) is 9.52 Å². The van der Waals surface area contributed by atoms with Crippen LogP contribution in [0.5, 0.6) is 0 Å². The van der Waals surface area contributed by atoms with Gasteiger partial charge in [0.25, 0.3) is 15.9 Å². The van der Waals surface area contributed by atoms with Crippen molar-refractivity contribution >= 4 is 32.7 Å². The number of hydrogen-bond donors (Lipinski definition) is 4. The summed E-state index contributed by atoms with van der Waals surface area (Å²) in [6.07, 6.45) is -4.43. The number of sulfonamides is 1. The highest BCUT2D eigenvalue weighted by atomic mass is 32.2. The lowest BCUT2D eigenvalue weighted by atomic mass is 10.1. The third-order valence-electron chi connectivity index (χ3n) is 4.93. The highest BCUT2D eigenvalue weighted by molar-refractivity contribution is 7.92. The minimum absolute atomic E-state index is 0.0229. The fourth-order valence-electron chi connectivity index (χ4n) is 3.18. The van der Waals surface area contributed by atoms with E-state index >= 15 is 0 Å². The second kappa shape index (κ2) is 8.71. The molecule has 4 aromatic rings.